The van der Waals surface area contributed by atoms with Gasteiger partial charge in [0.05, 0.1) is 12.0 Å². The van der Waals surface area contributed by atoms with E-state index in [0.717, 1.165) is 0 Å². The topological polar surface area (TPSA) is 121 Å². The summed E-state index contributed by atoms with van der Waals surface area (Å²) in [5.74, 6) is -0.294. The second-order valence-corrected chi connectivity index (χ2v) is 9.44. The predicted octanol–water partition coefficient (Wildman–Crippen LogP) is -0.0137. The van der Waals surface area contributed by atoms with Crippen LogP contribution in [-0.2, 0) is 19.6 Å². The fraction of sp³-hybridized carbons (Fsp3) is 0.667. The van der Waals surface area contributed by atoms with E-state index in [4.69, 9.17) is 0 Å². The van der Waals surface area contributed by atoms with Crippen molar-refractivity contribution in [2.24, 2.45) is 5.92 Å². The van der Waals surface area contributed by atoms with E-state index < -0.39 is 10.0 Å². The summed E-state index contributed by atoms with van der Waals surface area (Å²) in [4.78, 5) is 23.4. The van der Waals surface area contributed by atoms with E-state index in [1.54, 1.807) is 7.05 Å². The molecule has 0 radical (unpaired) electrons. The standard InChI is InChI=1S/C12H19N5O4S3/c1-13-9(18)7-22-12-16-15-11(23-12)14-10(19)8-3-5-17(6-4-8)24(2,20)21/h8H,3-7H2,1-2H3,(H,13,18)(H,14,15,19). The van der Waals surface area contributed by atoms with Gasteiger partial charge in [-0.05, 0) is 12.8 Å². The number of carbonyl (C=O) groups is 2. The van der Waals surface area contributed by atoms with E-state index in [1.165, 1.54) is 33.7 Å². The van der Waals surface area contributed by atoms with Crippen molar-refractivity contribution in [2.45, 2.75) is 17.2 Å². The Labute approximate surface area is 148 Å². The molecule has 12 heteroatoms. The SMILES string of the molecule is CNC(=O)CSc1nnc(NC(=O)C2CCN(S(C)(=O)=O)CC2)s1. The predicted molar refractivity (Wildman–Crippen MR) is 92.5 cm³/mol. The highest BCUT2D eigenvalue weighted by Gasteiger charge is 2.29. The van der Waals surface area contributed by atoms with Crippen LogP contribution in [-0.4, -0.2) is 66.9 Å². The van der Waals surface area contributed by atoms with E-state index in [9.17, 15) is 18.0 Å². The Kier molecular flexibility index (Phi) is 6.54. The zero-order valence-electron chi connectivity index (χ0n) is 13.3. The minimum Gasteiger partial charge on any atom is -0.358 e. The van der Waals surface area contributed by atoms with Gasteiger partial charge in [0.15, 0.2) is 4.34 Å². The van der Waals surface area contributed by atoms with Gasteiger partial charge in [0.2, 0.25) is 27.0 Å². The van der Waals surface area contributed by atoms with Crippen LogP contribution in [0.5, 0.6) is 0 Å². The van der Waals surface area contributed by atoms with Crippen molar-refractivity contribution >= 4 is 50.1 Å². The van der Waals surface area contributed by atoms with Crippen molar-refractivity contribution < 1.29 is 18.0 Å². The molecule has 1 aliphatic heterocycles. The quantitative estimate of drug-likeness (QED) is 0.515. The molecule has 1 fully saturated rings. The van der Waals surface area contributed by atoms with Crippen LogP contribution in [0.4, 0.5) is 5.13 Å². The maximum absolute atomic E-state index is 12.2. The van der Waals surface area contributed by atoms with Gasteiger partial charge in [0.25, 0.3) is 0 Å². The molecule has 2 rings (SSSR count). The van der Waals surface area contributed by atoms with Crippen LogP contribution >= 0.6 is 23.1 Å². The Balaban J connectivity index is 1.83. The smallest absolute Gasteiger partial charge is 0.230 e. The van der Waals surface area contributed by atoms with Gasteiger partial charge < -0.3 is 10.6 Å². The van der Waals surface area contributed by atoms with E-state index in [2.05, 4.69) is 20.8 Å². The zero-order valence-corrected chi connectivity index (χ0v) is 15.8. The third-order valence-corrected chi connectivity index (χ3v) is 6.81. The van der Waals surface area contributed by atoms with Crippen LogP contribution in [0.25, 0.3) is 0 Å². The molecule has 2 amide bonds. The molecule has 0 unspecified atom stereocenters. The molecule has 1 aromatic heterocycles. The first-order chi connectivity index (χ1) is 11.3. The molecule has 0 bridgehead atoms. The van der Waals surface area contributed by atoms with E-state index in [0.29, 0.717) is 35.4 Å². The molecule has 0 atom stereocenters. The van der Waals surface area contributed by atoms with Gasteiger partial charge in [-0.25, -0.2) is 12.7 Å². The fourth-order valence-electron chi connectivity index (χ4n) is 2.18. The average Bonchev–Trinajstić information content (AvgIpc) is 2.99. The molecule has 0 spiro atoms. The number of anilines is 1. The summed E-state index contributed by atoms with van der Waals surface area (Å²) < 4.78 is 24.9. The van der Waals surface area contributed by atoms with Crippen molar-refractivity contribution in [2.75, 3.05) is 37.5 Å². The Hall–Kier alpha value is -1.24. The van der Waals surface area contributed by atoms with Crippen molar-refractivity contribution in [3.05, 3.63) is 0 Å². The van der Waals surface area contributed by atoms with Crippen molar-refractivity contribution in [1.29, 1.82) is 0 Å². The molecule has 1 aromatic rings. The van der Waals surface area contributed by atoms with Crippen LogP contribution < -0.4 is 10.6 Å². The third-order valence-electron chi connectivity index (χ3n) is 3.54. The minimum absolute atomic E-state index is 0.113. The molecular weight excluding hydrogens is 374 g/mol. The fourth-order valence-corrected chi connectivity index (χ4v) is 4.68. The zero-order chi connectivity index (χ0) is 17.7. The first kappa shape index (κ1) is 19.1. The van der Waals surface area contributed by atoms with Crippen LogP contribution in [0.15, 0.2) is 4.34 Å². The first-order valence-corrected chi connectivity index (χ1v) is 10.9. The lowest BCUT2D eigenvalue weighted by atomic mass is 9.97. The number of nitrogens with zero attached hydrogens (tertiary/aromatic N) is 3. The number of thioether (sulfide) groups is 1. The van der Waals surface area contributed by atoms with Crippen LogP contribution in [0, 0.1) is 5.92 Å². The first-order valence-electron chi connectivity index (χ1n) is 7.22. The Morgan fingerprint density at radius 3 is 2.58 bits per heavy atom. The molecular formula is C12H19N5O4S3. The molecule has 2 heterocycles. The van der Waals surface area contributed by atoms with Crippen LogP contribution in [0.3, 0.4) is 0 Å². The highest BCUT2D eigenvalue weighted by molar-refractivity contribution is 8.01. The van der Waals surface area contributed by atoms with E-state index >= 15 is 0 Å². The lowest BCUT2D eigenvalue weighted by Gasteiger charge is -2.29. The molecule has 134 valence electrons. The highest BCUT2D eigenvalue weighted by atomic mass is 32.2. The average molecular weight is 394 g/mol. The number of amides is 2. The number of sulfonamides is 1. The summed E-state index contributed by atoms with van der Waals surface area (Å²) in [7, 11) is -1.64. The lowest BCUT2D eigenvalue weighted by molar-refractivity contribution is -0.121. The number of nitrogens with one attached hydrogen (secondary N) is 2. The molecule has 1 saturated heterocycles. The second-order valence-electron chi connectivity index (χ2n) is 5.26. The second kappa shape index (κ2) is 8.23. The Morgan fingerprint density at radius 1 is 1.33 bits per heavy atom. The summed E-state index contributed by atoms with van der Waals surface area (Å²) in [5, 5.41) is 13.4. The monoisotopic (exact) mass is 393 g/mol. The van der Waals surface area contributed by atoms with Gasteiger partial charge in [0, 0.05) is 26.1 Å². The van der Waals surface area contributed by atoms with Gasteiger partial charge in [-0.3, -0.25) is 9.59 Å². The molecule has 9 nitrogen and oxygen atoms in total. The summed E-state index contributed by atoms with van der Waals surface area (Å²) >= 11 is 2.45. The van der Waals surface area contributed by atoms with Gasteiger partial charge >= 0.3 is 0 Å². The largest absolute Gasteiger partial charge is 0.358 e. The maximum atomic E-state index is 12.2. The van der Waals surface area contributed by atoms with Crippen LogP contribution in [0.2, 0.25) is 0 Å². The minimum atomic E-state index is -3.20. The van der Waals surface area contributed by atoms with Gasteiger partial charge in [0.1, 0.15) is 0 Å². The van der Waals surface area contributed by atoms with Crippen molar-refractivity contribution in [3.63, 3.8) is 0 Å². The Bertz CT molecular complexity index is 697. The highest BCUT2D eigenvalue weighted by Crippen LogP contribution is 2.27. The van der Waals surface area contributed by atoms with Crippen molar-refractivity contribution in [1.82, 2.24) is 19.8 Å². The molecule has 0 aromatic carbocycles. The number of carbonyl (C=O) groups excluding carboxylic acids is 2. The lowest BCUT2D eigenvalue weighted by Crippen LogP contribution is -2.40. The normalized spacial score (nSPS) is 16.8. The van der Waals surface area contributed by atoms with E-state index in [-0.39, 0.29) is 23.5 Å². The van der Waals surface area contributed by atoms with E-state index in [1.807, 2.05) is 0 Å². The number of hydrogen-bond donors (Lipinski definition) is 2. The van der Waals surface area contributed by atoms with Crippen molar-refractivity contribution in [3.8, 4) is 0 Å². The Morgan fingerprint density at radius 2 is 2.00 bits per heavy atom. The molecule has 0 saturated carbocycles. The molecule has 2 N–H and O–H groups in total. The number of aromatic nitrogens is 2. The van der Waals surface area contributed by atoms with Crippen LogP contribution in [0.1, 0.15) is 12.8 Å². The molecule has 0 aliphatic carbocycles. The van der Waals surface area contributed by atoms with Gasteiger partial charge in [-0.1, -0.05) is 23.1 Å². The summed E-state index contributed by atoms with van der Waals surface area (Å²) in [5.41, 5.74) is 0. The summed E-state index contributed by atoms with van der Waals surface area (Å²) in [6.07, 6.45) is 2.14. The summed E-state index contributed by atoms with van der Waals surface area (Å²) in [6.45, 7) is 0.695. The molecule has 1 aliphatic rings. The summed E-state index contributed by atoms with van der Waals surface area (Å²) in [6, 6.07) is 0. The van der Waals surface area contributed by atoms with Gasteiger partial charge in [-0.15, -0.1) is 10.2 Å². The molecule has 24 heavy (non-hydrogen) atoms. The third kappa shape index (κ3) is 5.40. The van der Waals surface area contributed by atoms with Gasteiger partial charge in [-0.2, -0.15) is 0 Å². The number of rotatable bonds is 6. The number of piperidine rings is 1. The maximum Gasteiger partial charge on any atom is 0.230 e. The number of hydrogen-bond acceptors (Lipinski definition) is 8.